The van der Waals surface area contributed by atoms with Gasteiger partial charge in [0.2, 0.25) is 11.9 Å². The molecule has 1 aromatic heterocycles. The van der Waals surface area contributed by atoms with Gasteiger partial charge in [-0.05, 0) is 19.1 Å². The summed E-state index contributed by atoms with van der Waals surface area (Å²) in [5.74, 6) is 0.626. The molecule has 0 saturated carbocycles. The number of amides is 1. The van der Waals surface area contributed by atoms with E-state index < -0.39 is 0 Å². The van der Waals surface area contributed by atoms with E-state index in [-0.39, 0.29) is 5.91 Å². The number of benzene rings is 1. The molecule has 4 heteroatoms. The van der Waals surface area contributed by atoms with Gasteiger partial charge in [-0.15, -0.1) is 0 Å². The van der Waals surface area contributed by atoms with Crippen molar-refractivity contribution in [1.29, 1.82) is 0 Å². The van der Waals surface area contributed by atoms with Crippen LogP contribution in [0.5, 0.6) is 0 Å². The number of aryl methyl sites for hydroxylation is 1. The number of nitrogens with one attached hydrogen (secondary N) is 1. The summed E-state index contributed by atoms with van der Waals surface area (Å²) in [6.07, 6.45) is 0.465. The molecule has 16 heavy (non-hydrogen) atoms. The molecule has 1 heterocycles. The van der Waals surface area contributed by atoms with Gasteiger partial charge in [0.05, 0.1) is 11.0 Å². The Balaban J connectivity index is 2.48. The van der Waals surface area contributed by atoms with E-state index in [1.54, 1.807) is 0 Å². The Bertz CT molecular complexity index is 516. The van der Waals surface area contributed by atoms with Crippen LogP contribution in [0.1, 0.15) is 20.3 Å². The summed E-state index contributed by atoms with van der Waals surface area (Å²) >= 11 is 0. The van der Waals surface area contributed by atoms with Crippen LogP contribution in [0.4, 0.5) is 5.95 Å². The van der Waals surface area contributed by atoms with Gasteiger partial charge in [-0.25, -0.2) is 4.98 Å². The van der Waals surface area contributed by atoms with Crippen molar-refractivity contribution in [1.82, 2.24) is 9.55 Å². The van der Waals surface area contributed by atoms with E-state index in [9.17, 15) is 4.79 Å². The molecule has 0 atom stereocenters. The molecule has 1 aromatic carbocycles. The van der Waals surface area contributed by atoms with E-state index in [0.717, 1.165) is 17.6 Å². The number of nitrogens with zero attached hydrogens (tertiary/aromatic N) is 2. The van der Waals surface area contributed by atoms with Crippen molar-refractivity contribution < 1.29 is 4.79 Å². The number of hydrogen-bond acceptors (Lipinski definition) is 2. The molecule has 0 saturated heterocycles. The van der Waals surface area contributed by atoms with Crippen molar-refractivity contribution in [3.05, 3.63) is 24.3 Å². The zero-order valence-electron chi connectivity index (χ0n) is 9.53. The van der Waals surface area contributed by atoms with E-state index in [4.69, 9.17) is 0 Å². The van der Waals surface area contributed by atoms with Crippen LogP contribution in [0.3, 0.4) is 0 Å². The molecule has 0 aliphatic carbocycles. The number of carbonyl (C=O) groups excluding carboxylic acids is 1. The number of carbonyl (C=O) groups is 1. The zero-order valence-corrected chi connectivity index (χ0v) is 9.53. The SMILES string of the molecule is CCC(=O)Nc1nc2ccccc2n1CC. The maximum atomic E-state index is 11.4. The van der Waals surface area contributed by atoms with Crippen molar-refractivity contribution >= 4 is 22.9 Å². The first-order valence-electron chi connectivity index (χ1n) is 5.51. The lowest BCUT2D eigenvalue weighted by atomic mass is 10.3. The molecular formula is C12H15N3O. The predicted molar refractivity (Wildman–Crippen MR) is 64.3 cm³/mol. The van der Waals surface area contributed by atoms with E-state index in [1.165, 1.54) is 0 Å². The summed E-state index contributed by atoms with van der Waals surface area (Å²) in [7, 11) is 0. The molecule has 4 nitrogen and oxygen atoms in total. The molecule has 1 N–H and O–H groups in total. The number of para-hydroxylation sites is 2. The largest absolute Gasteiger partial charge is 0.310 e. The highest BCUT2D eigenvalue weighted by Gasteiger charge is 2.10. The summed E-state index contributed by atoms with van der Waals surface area (Å²) in [6.45, 7) is 4.66. The van der Waals surface area contributed by atoms with Crippen molar-refractivity contribution in [2.75, 3.05) is 5.32 Å². The smallest absolute Gasteiger partial charge is 0.226 e. The van der Waals surface area contributed by atoms with Crippen LogP contribution in [0.2, 0.25) is 0 Å². The molecule has 0 bridgehead atoms. The summed E-state index contributed by atoms with van der Waals surface area (Å²) < 4.78 is 2.00. The molecular weight excluding hydrogens is 202 g/mol. The van der Waals surface area contributed by atoms with Crippen molar-refractivity contribution in [3.8, 4) is 0 Å². The fourth-order valence-electron chi connectivity index (χ4n) is 1.70. The second-order valence-electron chi connectivity index (χ2n) is 3.57. The number of imidazole rings is 1. The topological polar surface area (TPSA) is 46.9 Å². The van der Waals surface area contributed by atoms with Crippen LogP contribution in [-0.2, 0) is 11.3 Å². The molecule has 2 rings (SSSR count). The molecule has 0 radical (unpaired) electrons. The third-order valence-electron chi connectivity index (χ3n) is 2.54. The first-order valence-corrected chi connectivity index (χ1v) is 5.51. The highest BCUT2D eigenvalue weighted by Crippen LogP contribution is 2.19. The molecule has 0 aliphatic rings. The van der Waals surface area contributed by atoms with Crippen LogP contribution in [-0.4, -0.2) is 15.5 Å². The first kappa shape index (κ1) is 10.7. The Kier molecular flexibility index (Phi) is 2.90. The number of fused-ring (bicyclic) bond motifs is 1. The quantitative estimate of drug-likeness (QED) is 0.858. The minimum atomic E-state index is -0.00925. The highest BCUT2D eigenvalue weighted by molar-refractivity contribution is 5.91. The summed E-state index contributed by atoms with van der Waals surface area (Å²) in [4.78, 5) is 15.8. The summed E-state index contributed by atoms with van der Waals surface area (Å²) in [5, 5.41) is 2.81. The van der Waals surface area contributed by atoms with Crippen LogP contribution in [0.25, 0.3) is 11.0 Å². The molecule has 0 fully saturated rings. The number of anilines is 1. The zero-order chi connectivity index (χ0) is 11.5. The maximum Gasteiger partial charge on any atom is 0.226 e. The van der Waals surface area contributed by atoms with E-state index in [1.807, 2.05) is 42.7 Å². The minimum absolute atomic E-state index is 0.00925. The molecule has 0 spiro atoms. The Morgan fingerprint density at radius 3 is 2.81 bits per heavy atom. The minimum Gasteiger partial charge on any atom is -0.310 e. The van der Waals surface area contributed by atoms with Gasteiger partial charge in [0.1, 0.15) is 0 Å². The first-order chi connectivity index (χ1) is 7.76. The number of aromatic nitrogens is 2. The number of rotatable bonds is 3. The van der Waals surface area contributed by atoms with E-state index in [2.05, 4.69) is 10.3 Å². The van der Waals surface area contributed by atoms with E-state index >= 15 is 0 Å². The Hall–Kier alpha value is -1.84. The van der Waals surface area contributed by atoms with Gasteiger partial charge >= 0.3 is 0 Å². The molecule has 0 aliphatic heterocycles. The van der Waals surface area contributed by atoms with Gasteiger partial charge in [0.15, 0.2) is 0 Å². The van der Waals surface area contributed by atoms with Gasteiger partial charge in [0, 0.05) is 13.0 Å². The molecule has 84 valence electrons. The fraction of sp³-hybridized carbons (Fsp3) is 0.333. The van der Waals surface area contributed by atoms with Gasteiger partial charge in [-0.3, -0.25) is 10.1 Å². The lowest BCUT2D eigenvalue weighted by molar-refractivity contribution is -0.115. The fourth-order valence-corrected chi connectivity index (χ4v) is 1.70. The lowest BCUT2D eigenvalue weighted by Gasteiger charge is -2.06. The number of hydrogen-bond donors (Lipinski definition) is 1. The van der Waals surface area contributed by atoms with Gasteiger partial charge in [0.25, 0.3) is 0 Å². The van der Waals surface area contributed by atoms with Crippen molar-refractivity contribution in [3.63, 3.8) is 0 Å². The highest BCUT2D eigenvalue weighted by atomic mass is 16.1. The average Bonchev–Trinajstić information content (AvgIpc) is 2.65. The summed E-state index contributed by atoms with van der Waals surface area (Å²) in [6, 6.07) is 7.87. The standard InChI is InChI=1S/C12H15N3O/c1-3-11(16)14-12-13-9-7-5-6-8-10(9)15(12)4-2/h5-8H,3-4H2,1-2H3,(H,13,14,16). The monoisotopic (exact) mass is 217 g/mol. The van der Waals surface area contributed by atoms with Crippen molar-refractivity contribution in [2.24, 2.45) is 0 Å². The molecule has 0 unspecified atom stereocenters. The lowest BCUT2D eigenvalue weighted by Crippen LogP contribution is -2.14. The third-order valence-corrected chi connectivity index (χ3v) is 2.54. The average molecular weight is 217 g/mol. The molecule has 1 amide bonds. The van der Waals surface area contributed by atoms with E-state index in [0.29, 0.717) is 12.4 Å². The second-order valence-corrected chi connectivity index (χ2v) is 3.57. The van der Waals surface area contributed by atoms with Crippen LogP contribution in [0, 0.1) is 0 Å². The summed E-state index contributed by atoms with van der Waals surface area (Å²) in [5.41, 5.74) is 1.96. The van der Waals surface area contributed by atoms with Gasteiger partial charge < -0.3 is 4.57 Å². The van der Waals surface area contributed by atoms with Crippen LogP contribution in [0.15, 0.2) is 24.3 Å². The Labute approximate surface area is 94.3 Å². The maximum absolute atomic E-state index is 11.4. The predicted octanol–water partition coefficient (Wildman–Crippen LogP) is 2.40. The van der Waals surface area contributed by atoms with Crippen LogP contribution < -0.4 is 5.32 Å². The van der Waals surface area contributed by atoms with Crippen molar-refractivity contribution in [2.45, 2.75) is 26.8 Å². The molecule has 2 aromatic rings. The third kappa shape index (κ3) is 1.78. The Morgan fingerprint density at radius 1 is 1.38 bits per heavy atom. The van der Waals surface area contributed by atoms with Gasteiger partial charge in [-0.1, -0.05) is 19.1 Å². The van der Waals surface area contributed by atoms with Crippen LogP contribution >= 0.6 is 0 Å². The second kappa shape index (κ2) is 4.35. The van der Waals surface area contributed by atoms with Gasteiger partial charge in [-0.2, -0.15) is 0 Å². The normalized spacial score (nSPS) is 10.6. The Morgan fingerprint density at radius 2 is 2.12 bits per heavy atom.